The summed E-state index contributed by atoms with van der Waals surface area (Å²) < 4.78 is 5.42. The van der Waals surface area contributed by atoms with E-state index >= 15 is 0 Å². The molecule has 2 fully saturated rings. The van der Waals surface area contributed by atoms with Gasteiger partial charge >= 0.3 is 0 Å². The van der Waals surface area contributed by atoms with Gasteiger partial charge in [-0.3, -0.25) is 4.79 Å². The lowest BCUT2D eigenvalue weighted by Gasteiger charge is -2.21. The van der Waals surface area contributed by atoms with Gasteiger partial charge in [0.1, 0.15) is 11.8 Å². The van der Waals surface area contributed by atoms with Crippen molar-refractivity contribution in [3.63, 3.8) is 0 Å². The van der Waals surface area contributed by atoms with E-state index in [0.717, 1.165) is 37.7 Å². The predicted molar refractivity (Wildman–Crippen MR) is 85.4 cm³/mol. The van der Waals surface area contributed by atoms with E-state index in [9.17, 15) is 4.79 Å². The number of aromatic nitrogens is 2. The van der Waals surface area contributed by atoms with Crippen LogP contribution in [0, 0.1) is 0 Å². The fourth-order valence-corrected chi connectivity index (χ4v) is 2.86. The Balaban J connectivity index is 1.78. The van der Waals surface area contributed by atoms with Gasteiger partial charge in [0.15, 0.2) is 5.82 Å². The highest BCUT2D eigenvalue weighted by molar-refractivity contribution is 5.96. The van der Waals surface area contributed by atoms with Crippen molar-refractivity contribution in [3.8, 4) is 0 Å². The standard InChI is InChI=1S/C15H23N5O2/c1-19(2)13-11(17-14(21)12-6-5-9-22-12)10-16-15(18-13)20-7-3-4-8-20/h10,12H,3-9H2,1-2H3,(H,17,21). The lowest BCUT2D eigenvalue weighted by atomic mass is 10.2. The Hall–Kier alpha value is -1.89. The van der Waals surface area contributed by atoms with Crippen LogP contribution in [0.1, 0.15) is 25.7 Å². The molecule has 0 aromatic carbocycles. The molecule has 0 bridgehead atoms. The first-order valence-electron chi connectivity index (χ1n) is 7.87. The molecular formula is C15H23N5O2. The molecule has 2 saturated heterocycles. The molecule has 120 valence electrons. The van der Waals surface area contributed by atoms with E-state index < -0.39 is 0 Å². The number of anilines is 3. The van der Waals surface area contributed by atoms with Gasteiger partial charge in [0, 0.05) is 33.8 Å². The topological polar surface area (TPSA) is 70.6 Å². The Labute approximate surface area is 130 Å². The van der Waals surface area contributed by atoms with Gasteiger partial charge < -0.3 is 19.9 Å². The third-order valence-corrected chi connectivity index (χ3v) is 4.05. The molecule has 1 atom stereocenters. The highest BCUT2D eigenvalue weighted by Crippen LogP contribution is 2.26. The van der Waals surface area contributed by atoms with Crippen LogP contribution in [0.5, 0.6) is 0 Å². The molecule has 0 radical (unpaired) electrons. The number of nitrogens with zero attached hydrogens (tertiary/aromatic N) is 4. The van der Waals surface area contributed by atoms with Crippen molar-refractivity contribution in [2.45, 2.75) is 31.8 Å². The van der Waals surface area contributed by atoms with Gasteiger partial charge in [0.25, 0.3) is 5.91 Å². The lowest BCUT2D eigenvalue weighted by Crippen LogP contribution is -2.29. The minimum atomic E-state index is -0.353. The summed E-state index contributed by atoms with van der Waals surface area (Å²) in [6.07, 6.45) is 5.41. The smallest absolute Gasteiger partial charge is 0.253 e. The van der Waals surface area contributed by atoms with Crippen LogP contribution >= 0.6 is 0 Å². The van der Waals surface area contributed by atoms with Crippen molar-refractivity contribution >= 4 is 23.4 Å². The lowest BCUT2D eigenvalue weighted by molar-refractivity contribution is -0.124. The van der Waals surface area contributed by atoms with Gasteiger partial charge in [-0.2, -0.15) is 4.98 Å². The molecule has 2 aliphatic heterocycles. The second-order valence-corrected chi connectivity index (χ2v) is 5.99. The Bertz CT molecular complexity index is 537. The van der Waals surface area contributed by atoms with Gasteiger partial charge in [0.05, 0.1) is 6.20 Å². The van der Waals surface area contributed by atoms with Crippen LogP contribution in [-0.2, 0) is 9.53 Å². The fraction of sp³-hybridized carbons (Fsp3) is 0.667. The molecule has 0 saturated carbocycles. The number of carbonyl (C=O) groups is 1. The number of amides is 1. The zero-order chi connectivity index (χ0) is 15.5. The van der Waals surface area contributed by atoms with E-state index in [4.69, 9.17) is 4.74 Å². The molecule has 7 heteroatoms. The number of hydrogen-bond donors (Lipinski definition) is 1. The molecular weight excluding hydrogens is 282 g/mol. The summed E-state index contributed by atoms with van der Waals surface area (Å²) in [5, 5.41) is 2.90. The maximum atomic E-state index is 12.2. The third kappa shape index (κ3) is 3.14. The zero-order valence-electron chi connectivity index (χ0n) is 13.2. The third-order valence-electron chi connectivity index (χ3n) is 4.05. The summed E-state index contributed by atoms with van der Waals surface area (Å²) in [6.45, 7) is 2.64. The molecule has 22 heavy (non-hydrogen) atoms. The average molecular weight is 305 g/mol. The van der Waals surface area contributed by atoms with Crippen LogP contribution in [-0.4, -0.2) is 55.8 Å². The molecule has 1 amide bonds. The molecule has 1 aromatic heterocycles. The summed E-state index contributed by atoms with van der Waals surface area (Å²) in [4.78, 5) is 25.3. The second kappa shape index (κ2) is 6.48. The van der Waals surface area contributed by atoms with Crippen molar-refractivity contribution in [2.75, 3.05) is 48.9 Å². The first kappa shape index (κ1) is 15.0. The number of rotatable bonds is 4. The number of carbonyl (C=O) groups excluding carboxylic acids is 1. The van der Waals surface area contributed by atoms with Crippen molar-refractivity contribution in [1.29, 1.82) is 0 Å². The van der Waals surface area contributed by atoms with E-state index in [0.29, 0.717) is 12.3 Å². The Morgan fingerprint density at radius 2 is 2.14 bits per heavy atom. The first-order valence-corrected chi connectivity index (χ1v) is 7.87. The maximum Gasteiger partial charge on any atom is 0.253 e. The quantitative estimate of drug-likeness (QED) is 0.903. The summed E-state index contributed by atoms with van der Waals surface area (Å²) in [6, 6.07) is 0. The molecule has 3 rings (SSSR count). The number of nitrogens with one attached hydrogen (secondary N) is 1. The molecule has 1 N–H and O–H groups in total. The summed E-state index contributed by atoms with van der Waals surface area (Å²) in [5.41, 5.74) is 0.633. The van der Waals surface area contributed by atoms with E-state index in [2.05, 4.69) is 20.2 Å². The van der Waals surface area contributed by atoms with Crippen LogP contribution in [0.3, 0.4) is 0 Å². The van der Waals surface area contributed by atoms with Crippen molar-refractivity contribution in [1.82, 2.24) is 9.97 Å². The minimum absolute atomic E-state index is 0.113. The Morgan fingerprint density at radius 3 is 2.77 bits per heavy atom. The summed E-state index contributed by atoms with van der Waals surface area (Å²) in [7, 11) is 3.83. The Morgan fingerprint density at radius 1 is 1.36 bits per heavy atom. The van der Waals surface area contributed by atoms with E-state index in [1.807, 2.05) is 19.0 Å². The fourth-order valence-electron chi connectivity index (χ4n) is 2.86. The molecule has 1 aromatic rings. The highest BCUT2D eigenvalue weighted by Gasteiger charge is 2.25. The highest BCUT2D eigenvalue weighted by atomic mass is 16.5. The first-order chi connectivity index (χ1) is 10.6. The van der Waals surface area contributed by atoms with Crippen LogP contribution in [0.25, 0.3) is 0 Å². The van der Waals surface area contributed by atoms with Gasteiger partial charge in [-0.05, 0) is 25.7 Å². The van der Waals surface area contributed by atoms with E-state index in [1.165, 1.54) is 12.8 Å². The maximum absolute atomic E-state index is 12.2. The van der Waals surface area contributed by atoms with Crippen molar-refractivity contribution in [2.24, 2.45) is 0 Å². The molecule has 0 aliphatic carbocycles. The number of hydrogen-bond acceptors (Lipinski definition) is 6. The molecule has 1 unspecified atom stereocenters. The van der Waals surface area contributed by atoms with Crippen LogP contribution in [0.2, 0.25) is 0 Å². The van der Waals surface area contributed by atoms with Gasteiger partial charge in [-0.15, -0.1) is 0 Å². The van der Waals surface area contributed by atoms with Gasteiger partial charge in [-0.1, -0.05) is 0 Å². The minimum Gasteiger partial charge on any atom is -0.368 e. The normalized spacial score (nSPS) is 21.2. The zero-order valence-corrected chi connectivity index (χ0v) is 13.2. The van der Waals surface area contributed by atoms with Crippen molar-refractivity contribution < 1.29 is 9.53 Å². The van der Waals surface area contributed by atoms with Crippen LogP contribution in [0.15, 0.2) is 6.20 Å². The monoisotopic (exact) mass is 305 g/mol. The summed E-state index contributed by atoms with van der Waals surface area (Å²) >= 11 is 0. The van der Waals surface area contributed by atoms with E-state index in [1.54, 1.807) is 6.20 Å². The predicted octanol–water partition coefficient (Wildman–Crippen LogP) is 1.26. The summed E-state index contributed by atoms with van der Waals surface area (Å²) in [5.74, 6) is 1.35. The van der Waals surface area contributed by atoms with Crippen LogP contribution < -0.4 is 15.1 Å². The Kier molecular flexibility index (Phi) is 4.42. The van der Waals surface area contributed by atoms with E-state index in [-0.39, 0.29) is 12.0 Å². The van der Waals surface area contributed by atoms with Gasteiger partial charge in [-0.25, -0.2) is 4.98 Å². The molecule has 3 heterocycles. The van der Waals surface area contributed by atoms with Gasteiger partial charge in [0.2, 0.25) is 5.95 Å². The molecule has 7 nitrogen and oxygen atoms in total. The SMILES string of the molecule is CN(C)c1nc(N2CCCC2)ncc1NC(=O)C1CCCO1. The largest absolute Gasteiger partial charge is 0.368 e. The van der Waals surface area contributed by atoms with Crippen LogP contribution in [0.4, 0.5) is 17.5 Å². The average Bonchev–Trinajstić information content (AvgIpc) is 3.21. The second-order valence-electron chi connectivity index (χ2n) is 5.99. The van der Waals surface area contributed by atoms with Crippen molar-refractivity contribution in [3.05, 3.63) is 6.20 Å². The molecule has 0 spiro atoms. The molecule has 2 aliphatic rings. The number of ether oxygens (including phenoxy) is 1.